The maximum absolute atomic E-state index is 13.2. The highest BCUT2D eigenvalue weighted by Crippen LogP contribution is 2.18. The van der Waals surface area contributed by atoms with Gasteiger partial charge in [0.1, 0.15) is 17.6 Å². The molecular formula is C12H14FNO. The van der Waals surface area contributed by atoms with E-state index in [1.54, 1.807) is 12.1 Å². The van der Waals surface area contributed by atoms with Crippen LogP contribution in [0.2, 0.25) is 0 Å². The number of hydrogen-bond donors (Lipinski definition) is 0. The number of rotatable bonds is 4. The van der Waals surface area contributed by atoms with E-state index in [0.717, 1.165) is 12.8 Å². The lowest BCUT2D eigenvalue weighted by molar-refractivity contribution is 0.192. The molecule has 0 bridgehead atoms. The average Bonchev–Trinajstić information content (AvgIpc) is 2.26. The van der Waals surface area contributed by atoms with Gasteiger partial charge in [-0.2, -0.15) is 5.26 Å². The Bertz CT molecular complexity index is 366. The average molecular weight is 207 g/mol. The number of nitrogens with zero attached hydrogens (tertiary/aromatic N) is 1. The van der Waals surface area contributed by atoms with Gasteiger partial charge in [0.25, 0.3) is 0 Å². The number of ether oxygens (including phenoxy) is 1. The molecule has 3 heteroatoms. The van der Waals surface area contributed by atoms with E-state index < -0.39 is 5.82 Å². The number of hydrogen-bond acceptors (Lipinski definition) is 2. The minimum absolute atomic E-state index is 0.0481. The van der Waals surface area contributed by atoms with E-state index in [1.807, 2.05) is 13.8 Å². The normalized spacial score (nSPS) is 10.1. The van der Waals surface area contributed by atoms with Gasteiger partial charge in [0.2, 0.25) is 0 Å². The minimum Gasteiger partial charge on any atom is -0.490 e. The van der Waals surface area contributed by atoms with E-state index in [4.69, 9.17) is 10.00 Å². The van der Waals surface area contributed by atoms with Gasteiger partial charge in [0, 0.05) is 6.07 Å². The molecule has 0 aromatic heterocycles. The highest BCUT2D eigenvalue weighted by molar-refractivity contribution is 5.36. The molecule has 1 aromatic rings. The third kappa shape index (κ3) is 2.95. The Labute approximate surface area is 89.3 Å². The first-order valence-corrected chi connectivity index (χ1v) is 5.07. The van der Waals surface area contributed by atoms with Crippen LogP contribution in [0.4, 0.5) is 4.39 Å². The van der Waals surface area contributed by atoms with Crippen LogP contribution in [0.3, 0.4) is 0 Å². The molecule has 2 nitrogen and oxygen atoms in total. The highest BCUT2D eigenvalue weighted by Gasteiger charge is 2.07. The zero-order chi connectivity index (χ0) is 11.3. The van der Waals surface area contributed by atoms with E-state index in [2.05, 4.69) is 0 Å². The molecule has 0 spiro atoms. The van der Waals surface area contributed by atoms with Crippen LogP contribution in [0.25, 0.3) is 0 Å². The minimum atomic E-state index is -0.527. The highest BCUT2D eigenvalue weighted by atomic mass is 19.1. The quantitative estimate of drug-likeness (QED) is 0.759. The SMILES string of the molecule is CCC(CC)Oc1ccc(C#N)c(F)c1. The van der Waals surface area contributed by atoms with Gasteiger partial charge in [-0.3, -0.25) is 0 Å². The van der Waals surface area contributed by atoms with Crippen LogP contribution in [-0.4, -0.2) is 6.10 Å². The van der Waals surface area contributed by atoms with Gasteiger partial charge in [0.05, 0.1) is 11.7 Å². The molecule has 0 radical (unpaired) electrons. The summed E-state index contributed by atoms with van der Waals surface area (Å²) in [5, 5.41) is 8.55. The summed E-state index contributed by atoms with van der Waals surface area (Å²) in [5.41, 5.74) is 0.0481. The zero-order valence-corrected chi connectivity index (χ0v) is 8.96. The summed E-state index contributed by atoms with van der Waals surface area (Å²) in [6.07, 6.45) is 1.88. The Morgan fingerprint density at radius 3 is 2.53 bits per heavy atom. The first kappa shape index (κ1) is 11.5. The van der Waals surface area contributed by atoms with Gasteiger partial charge in [-0.05, 0) is 25.0 Å². The monoisotopic (exact) mass is 207 g/mol. The molecule has 15 heavy (non-hydrogen) atoms. The third-order valence-corrected chi connectivity index (χ3v) is 2.27. The van der Waals surface area contributed by atoms with E-state index in [0.29, 0.717) is 5.75 Å². The Morgan fingerprint density at radius 2 is 2.07 bits per heavy atom. The van der Waals surface area contributed by atoms with Crippen molar-refractivity contribution in [1.29, 1.82) is 5.26 Å². The first-order valence-electron chi connectivity index (χ1n) is 5.07. The van der Waals surface area contributed by atoms with E-state index in [1.165, 1.54) is 12.1 Å². The summed E-state index contributed by atoms with van der Waals surface area (Å²) in [6.45, 7) is 4.04. The molecule has 0 aliphatic heterocycles. The summed E-state index contributed by atoms with van der Waals surface area (Å²) in [4.78, 5) is 0. The lowest BCUT2D eigenvalue weighted by Gasteiger charge is -2.15. The van der Waals surface area contributed by atoms with Crippen molar-refractivity contribution in [2.24, 2.45) is 0 Å². The van der Waals surface area contributed by atoms with Crippen LogP contribution >= 0.6 is 0 Å². The number of benzene rings is 1. The Morgan fingerprint density at radius 1 is 1.40 bits per heavy atom. The van der Waals surface area contributed by atoms with Gasteiger partial charge in [-0.15, -0.1) is 0 Å². The van der Waals surface area contributed by atoms with Crippen molar-refractivity contribution in [3.05, 3.63) is 29.6 Å². The van der Waals surface area contributed by atoms with Gasteiger partial charge in [-0.1, -0.05) is 13.8 Å². The molecule has 0 aliphatic rings. The molecule has 0 N–H and O–H groups in total. The first-order chi connectivity index (χ1) is 7.21. The second-order valence-corrected chi connectivity index (χ2v) is 3.31. The fourth-order valence-corrected chi connectivity index (χ4v) is 1.31. The summed E-state index contributed by atoms with van der Waals surface area (Å²) >= 11 is 0. The van der Waals surface area contributed by atoms with Gasteiger partial charge in [-0.25, -0.2) is 4.39 Å². The fraction of sp³-hybridized carbons (Fsp3) is 0.417. The molecule has 0 unspecified atom stereocenters. The van der Waals surface area contributed by atoms with Crippen molar-refractivity contribution in [3.63, 3.8) is 0 Å². The topological polar surface area (TPSA) is 33.0 Å². The lowest BCUT2D eigenvalue weighted by Crippen LogP contribution is -2.13. The summed E-state index contributed by atoms with van der Waals surface area (Å²) in [6, 6.07) is 6.10. The summed E-state index contributed by atoms with van der Waals surface area (Å²) < 4.78 is 18.7. The Kier molecular flexibility index (Phi) is 4.11. The number of halogens is 1. The molecule has 0 amide bonds. The number of nitriles is 1. The van der Waals surface area contributed by atoms with Gasteiger partial charge in [0.15, 0.2) is 0 Å². The molecular weight excluding hydrogens is 193 g/mol. The standard InChI is InChI=1S/C12H14FNO/c1-3-10(4-2)15-11-6-5-9(8-14)12(13)7-11/h5-7,10H,3-4H2,1-2H3. The molecule has 0 atom stereocenters. The molecule has 0 saturated carbocycles. The van der Waals surface area contributed by atoms with Crippen LogP contribution in [-0.2, 0) is 0 Å². The van der Waals surface area contributed by atoms with E-state index >= 15 is 0 Å². The molecule has 0 saturated heterocycles. The molecule has 0 heterocycles. The van der Waals surface area contributed by atoms with Crippen molar-refractivity contribution in [3.8, 4) is 11.8 Å². The summed E-state index contributed by atoms with van der Waals surface area (Å²) in [5.74, 6) is -0.0406. The summed E-state index contributed by atoms with van der Waals surface area (Å²) in [7, 11) is 0. The van der Waals surface area contributed by atoms with Crippen molar-refractivity contribution < 1.29 is 9.13 Å². The predicted molar refractivity (Wildman–Crippen MR) is 56.1 cm³/mol. The molecule has 80 valence electrons. The van der Waals surface area contributed by atoms with Crippen LogP contribution in [0.15, 0.2) is 18.2 Å². The van der Waals surface area contributed by atoms with Gasteiger partial charge >= 0.3 is 0 Å². The molecule has 0 aliphatic carbocycles. The maximum atomic E-state index is 13.2. The Hall–Kier alpha value is -1.56. The van der Waals surface area contributed by atoms with Crippen LogP contribution < -0.4 is 4.74 Å². The van der Waals surface area contributed by atoms with Crippen molar-refractivity contribution in [1.82, 2.24) is 0 Å². The van der Waals surface area contributed by atoms with Crippen LogP contribution in [0.5, 0.6) is 5.75 Å². The fourth-order valence-electron chi connectivity index (χ4n) is 1.31. The van der Waals surface area contributed by atoms with E-state index in [-0.39, 0.29) is 11.7 Å². The zero-order valence-electron chi connectivity index (χ0n) is 8.96. The lowest BCUT2D eigenvalue weighted by atomic mass is 10.2. The van der Waals surface area contributed by atoms with Crippen LogP contribution in [0.1, 0.15) is 32.3 Å². The predicted octanol–water partition coefficient (Wildman–Crippen LogP) is 3.26. The van der Waals surface area contributed by atoms with Crippen LogP contribution in [0, 0.1) is 17.1 Å². The van der Waals surface area contributed by atoms with Crippen molar-refractivity contribution >= 4 is 0 Å². The smallest absolute Gasteiger partial charge is 0.144 e. The third-order valence-electron chi connectivity index (χ3n) is 2.27. The largest absolute Gasteiger partial charge is 0.490 e. The second-order valence-electron chi connectivity index (χ2n) is 3.31. The molecule has 1 rings (SSSR count). The maximum Gasteiger partial charge on any atom is 0.144 e. The van der Waals surface area contributed by atoms with E-state index in [9.17, 15) is 4.39 Å². The Balaban J connectivity index is 2.80. The second kappa shape index (κ2) is 5.35. The van der Waals surface area contributed by atoms with Crippen molar-refractivity contribution in [2.75, 3.05) is 0 Å². The van der Waals surface area contributed by atoms with Crippen molar-refractivity contribution in [2.45, 2.75) is 32.8 Å². The molecule has 1 aromatic carbocycles. The van der Waals surface area contributed by atoms with Gasteiger partial charge < -0.3 is 4.74 Å². The molecule has 0 fully saturated rings.